The number of nitrogens with zero attached hydrogens (tertiary/aromatic N) is 4. The molecule has 2 N–H and O–H groups in total. The lowest BCUT2D eigenvalue weighted by molar-refractivity contribution is -0.113. The number of phenols is 1. The summed E-state index contributed by atoms with van der Waals surface area (Å²) in [5.41, 5.74) is 2.45. The molecule has 9 heteroatoms. The van der Waals surface area contributed by atoms with Gasteiger partial charge in [-0.3, -0.25) is 4.79 Å². The van der Waals surface area contributed by atoms with Crippen molar-refractivity contribution in [2.75, 3.05) is 11.1 Å². The largest absolute Gasteiger partial charge is 0.508 e. The van der Waals surface area contributed by atoms with Crippen molar-refractivity contribution in [3.05, 3.63) is 52.5 Å². The topological polar surface area (TPSA) is 92.9 Å². The van der Waals surface area contributed by atoms with Gasteiger partial charge in [0.1, 0.15) is 5.75 Å². The average Bonchev–Trinajstić information content (AvgIpc) is 3.05. The summed E-state index contributed by atoms with van der Waals surface area (Å²) in [6.45, 7) is 1.93. The molecule has 0 bridgehead atoms. The van der Waals surface area contributed by atoms with Gasteiger partial charge in [-0.05, 0) is 65.4 Å². The van der Waals surface area contributed by atoms with Crippen molar-refractivity contribution in [3.63, 3.8) is 0 Å². The molecule has 0 saturated carbocycles. The van der Waals surface area contributed by atoms with Crippen molar-refractivity contribution in [1.29, 1.82) is 0 Å². The minimum atomic E-state index is -0.143. The van der Waals surface area contributed by atoms with E-state index in [1.807, 2.05) is 25.1 Å². The van der Waals surface area contributed by atoms with Crippen LogP contribution in [0.15, 0.2) is 52.1 Å². The third-order valence-electron chi connectivity index (χ3n) is 3.33. The second-order valence-corrected chi connectivity index (χ2v) is 7.04. The lowest BCUT2D eigenvalue weighted by atomic mass is 10.2. The number of carbonyl (C=O) groups is 1. The molecule has 0 aliphatic carbocycles. The zero-order chi connectivity index (χ0) is 17.8. The number of carbonyl (C=O) groups excluding carboxylic acids is 1. The average molecular weight is 420 g/mol. The summed E-state index contributed by atoms with van der Waals surface area (Å²) in [4.78, 5) is 12.2. The summed E-state index contributed by atoms with van der Waals surface area (Å²) < 4.78 is 2.48. The molecule has 2 aromatic carbocycles. The highest BCUT2D eigenvalue weighted by Gasteiger charge is 2.12. The highest BCUT2D eigenvalue weighted by molar-refractivity contribution is 9.10. The van der Waals surface area contributed by atoms with Crippen LogP contribution in [-0.4, -0.2) is 37.0 Å². The molecule has 0 atom stereocenters. The second-order valence-electron chi connectivity index (χ2n) is 5.19. The SMILES string of the molecule is Cc1cc(Br)ccc1NC(=O)CSc1nnnn1-c1ccc(O)cc1. The van der Waals surface area contributed by atoms with Crippen molar-refractivity contribution in [3.8, 4) is 11.4 Å². The Labute approximate surface area is 156 Å². The molecule has 0 unspecified atom stereocenters. The number of rotatable bonds is 5. The maximum atomic E-state index is 12.2. The van der Waals surface area contributed by atoms with Crippen molar-refractivity contribution < 1.29 is 9.90 Å². The van der Waals surface area contributed by atoms with Crippen molar-refractivity contribution in [2.24, 2.45) is 0 Å². The Kier molecular flexibility index (Phi) is 5.34. The first-order valence-corrected chi connectivity index (χ1v) is 9.07. The number of nitrogens with one attached hydrogen (secondary N) is 1. The fourth-order valence-corrected chi connectivity index (χ4v) is 3.27. The molecule has 0 spiro atoms. The fourth-order valence-electron chi connectivity index (χ4n) is 2.11. The van der Waals surface area contributed by atoms with Crippen LogP contribution in [0.25, 0.3) is 5.69 Å². The predicted octanol–water partition coefficient (Wildman–Crippen LogP) is 3.17. The normalized spacial score (nSPS) is 10.6. The van der Waals surface area contributed by atoms with E-state index in [0.717, 1.165) is 15.7 Å². The van der Waals surface area contributed by atoms with Gasteiger partial charge in [0.2, 0.25) is 11.1 Å². The predicted molar refractivity (Wildman–Crippen MR) is 99.1 cm³/mol. The van der Waals surface area contributed by atoms with Crippen LogP contribution in [0.5, 0.6) is 5.75 Å². The monoisotopic (exact) mass is 419 g/mol. The Bertz CT molecular complexity index is 898. The van der Waals surface area contributed by atoms with E-state index in [9.17, 15) is 9.90 Å². The number of halogens is 1. The molecule has 128 valence electrons. The Morgan fingerprint density at radius 2 is 2.04 bits per heavy atom. The summed E-state index contributed by atoms with van der Waals surface area (Å²) in [7, 11) is 0. The van der Waals surface area contributed by atoms with Gasteiger partial charge in [0.25, 0.3) is 0 Å². The van der Waals surface area contributed by atoms with Crippen molar-refractivity contribution in [2.45, 2.75) is 12.1 Å². The Hall–Kier alpha value is -2.39. The van der Waals surface area contributed by atoms with Gasteiger partial charge < -0.3 is 10.4 Å². The summed E-state index contributed by atoms with van der Waals surface area (Å²) in [5.74, 6) is 0.194. The molecule has 0 fully saturated rings. The van der Waals surface area contributed by atoms with Crippen LogP contribution in [0.3, 0.4) is 0 Å². The third-order valence-corrected chi connectivity index (χ3v) is 4.74. The molecule has 0 saturated heterocycles. The molecule has 0 aliphatic heterocycles. The van der Waals surface area contributed by atoms with Crippen LogP contribution in [-0.2, 0) is 4.79 Å². The maximum absolute atomic E-state index is 12.2. The first kappa shape index (κ1) is 17.4. The van der Waals surface area contributed by atoms with Crippen molar-refractivity contribution >= 4 is 39.3 Å². The zero-order valence-electron chi connectivity index (χ0n) is 13.2. The van der Waals surface area contributed by atoms with E-state index >= 15 is 0 Å². The Morgan fingerprint density at radius 1 is 1.28 bits per heavy atom. The van der Waals surface area contributed by atoms with Crippen molar-refractivity contribution in [1.82, 2.24) is 20.2 Å². The number of hydrogen-bond acceptors (Lipinski definition) is 6. The van der Waals surface area contributed by atoms with Gasteiger partial charge in [0.05, 0.1) is 11.4 Å². The van der Waals surface area contributed by atoms with Crippen LogP contribution >= 0.6 is 27.7 Å². The van der Waals surface area contributed by atoms with Gasteiger partial charge in [0, 0.05) is 10.2 Å². The minimum Gasteiger partial charge on any atom is -0.508 e. The van der Waals surface area contributed by atoms with E-state index in [0.29, 0.717) is 10.8 Å². The van der Waals surface area contributed by atoms with Gasteiger partial charge in [-0.1, -0.05) is 27.7 Å². The van der Waals surface area contributed by atoms with Crippen LogP contribution in [0.4, 0.5) is 5.69 Å². The van der Waals surface area contributed by atoms with Crippen LogP contribution < -0.4 is 5.32 Å². The number of benzene rings is 2. The number of phenolic OH excluding ortho intramolecular Hbond substituents is 1. The standard InChI is InChI=1S/C16H14BrN5O2S/c1-10-8-11(17)2-7-14(10)18-15(24)9-25-16-19-20-21-22(16)12-3-5-13(23)6-4-12/h2-8,23H,9H2,1H3,(H,18,24). The minimum absolute atomic E-state index is 0.143. The number of aromatic hydroxyl groups is 1. The Morgan fingerprint density at radius 3 is 2.76 bits per heavy atom. The maximum Gasteiger partial charge on any atom is 0.234 e. The molecule has 0 radical (unpaired) electrons. The van der Waals surface area contributed by atoms with Gasteiger partial charge in [0.15, 0.2) is 0 Å². The lowest BCUT2D eigenvalue weighted by Gasteiger charge is -2.08. The van der Waals surface area contributed by atoms with E-state index < -0.39 is 0 Å². The number of aromatic nitrogens is 4. The number of hydrogen-bond donors (Lipinski definition) is 2. The zero-order valence-corrected chi connectivity index (χ0v) is 15.6. The van der Waals surface area contributed by atoms with E-state index in [4.69, 9.17) is 0 Å². The lowest BCUT2D eigenvalue weighted by Crippen LogP contribution is -2.15. The molecule has 3 aromatic rings. The number of tetrazole rings is 1. The first-order chi connectivity index (χ1) is 12.0. The number of amides is 1. The number of anilines is 1. The highest BCUT2D eigenvalue weighted by atomic mass is 79.9. The summed E-state index contributed by atoms with van der Waals surface area (Å²) in [6, 6.07) is 12.2. The van der Waals surface area contributed by atoms with Crippen LogP contribution in [0, 0.1) is 6.92 Å². The summed E-state index contributed by atoms with van der Waals surface area (Å²) >= 11 is 4.63. The third kappa shape index (κ3) is 4.37. The molecule has 1 aromatic heterocycles. The van der Waals surface area contributed by atoms with E-state index in [1.165, 1.54) is 16.4 Å². The fraction of sp³-hybridized carbons (Fsp3) is 0.125. The number of aryl methyl sites for hydroxylation is 1. The highest BCUT2D eigenvalue weighted by Crippen LogP contribution is 2.22. The molecule has 1 amide bonds. The first-order valence-electron chi connectivity index (χ1n) is 7.29. The van der Waals surface area contributed by atoms with Gasteiger partial charge in [-0.2, -0.15) is 4.68 Å². The quantitative estimate of drug-likeness (QED) is 0.616. The van der Waals surface area contributed by atoms with E-state index in [1.54, 1.807) is 24.3 Å². The van der Waals surface area contributed by atoms with Gasteiger partial charge >= 0.3 is 0 Å². The van der Waals surface area contributed by atoms with Crippen LogP contribution in [0.2, 0.25) is 0 Å². The molecular weight excluding hydrogens is 406 g/mol. The number of thioether (sulfide) groups is 1. The molecular formula is C16H14BrN5O2S. The molecule has 7 nitrogen and oxygen atoms in total. The molecule has 0 aliphatic rings. The molecule has 1 heterocycles. The van der Waals surface area contributed by atoms with E-state index in [-0.39, 0.29) is 17.4 Å². The van der Waals surface area contributed by atoms with Crippen LogP contribution in [0.1, 0.15) is 5.56 Å². The Balaban J connectivity index is 1.65. The van der Waals surface area contributed by atoms with Gasteiger partial charge in [-0.15, -0.1) is 5.10 Å². The summed E-state index contributed by atoms with van der Waals surface area (Å²) in [5, 5.41) is 24.2. The second kappa shape index (κ2) is 7.66. The molecule has 3 rings (SSSR count). The van der Waals surface area contributed by atoms with E-state index in [2.05, 4.69) is 36.8 Å². The summed E-state index contributed by atoms with van der Waals surface area (Å²) in [6.07, 6.45) is 0. The smallest absolute Gasteiger partial charge is 0.234 e. The molecule has 25 heavy (non-hydrogen) atoms. The van der Waals surface area contributed by atoms with Gasteiger partial charge in [-0.25, -0.2) is 0 Å².